The van der Waals surface area contributed by atoms with Gasteiger partial charge in [0.1, 0.15) is 0 Å². The molecule has 0 spiro atoms. The molecule has 0 bridgehead atoms. The number of furan rings is 1. The van der Waals surface area contributed by atoms with Crippen LogP contribution in [0.1, 0.15) is 11.1 Å². The standard InChI is InChI=1S/C12H10N2O/c1-7-3-9-10-4-8(2)6-14-12(10)15-11(9)13-5-7/h3-6H,1-2H3. The van der Waals surface area contributed by atoms with Gasteiger partial charge in [-0.2, -0.15) is 0 Å². The van der Waals surface area contributed by atoms with Gasteiger partial charge in [-0.15, -0.1) is 0 Å². The third-order valence-corrected chi connectivity index (χ3v) is 2.46. The van der Waals surface area contributed by atoms with Gasteiger partial charge in [-0.1, -0.05) is 0 Å². The zero-order valence-corrected chi connectivity index (χ0v) is 8.61. The monoisotopic (exact) mass is 198 g/mol. The lowest BCUT2D eigenvalue weighted by Gasteiger charge is -1.91. The summed E-state index contributed by atoms with van der Waals surface area (Å²) >= 11 is 0. The molecule has 0 unspecified atom stereocenters. The summed E-state index contributed by atoms with van der Waals surface area (Å²) in [6.45, 7) is 4.04. The van der Waals surface area contributed by atoms with Gasteiger partial charge in [-0.3, -0.25) is 0 Å². The van der Waals surface area contributed by atoms with Crippen molar-refractivity contribution in [2.75, 3.05) is 0 Å². The van der Waals surface area contributed by atoms with Crippen LogP contribution in [0.25, 0.3) is 22.2 Å². The SMILES string of the molecule is Cc1cnc2oc3ncc(C)cc3c2c1. The lowest BCUT2D eigenvalue weighted by Crippen LogP contribution is -1.77. The molecule has 0 amide bonds. The number of hydrogen-bond acceptors (Lipinski definition) is 3. The van der Waals surface area contributed by atoms with Gasteiger partial charge in [0, 0.05) is 12.4 Å². The summed E-state index contributed by atoms with van der Waals surface area (Å²) in [7, 11) is 0. The molecule has 0 atom stereocenters. The molecule has 15 heavy (non-hydrogen) atoms. The van der Waals surface area contributed by atoms with E-state index in [2.05, 4.69) is 22.1 Å². The molecule has 3 nitrogen and oxygen atoms in total. The Hall–Kier alpha value is -1.90. The van der Waals surface area contributed by atoms with Crippen molar-refractivity contribution in [1.82, 2.24) is 9.97 Å². The van der Waals surface area contributed by atoms with Gasteiger partial charge in [-0.25, -0.2) is 9.97 Å². The first-order valence-electron chi connectivity index (χ1n) is 4.85. The Labute approximate surface area is 86.8 Å². The van der Waals surface area contributed by atoms with E-state index in [4.69, 9.17) is 4.42 Å². The molecule has 0 aromatic carbocycles. The first-order valence-corrected chi connectivity index (χ1v) is 4.85. The maximum atomic E-state index is 5.54. The van der Waals surface area contributed by atoms with Crippen molar-refractivity contribution in [3.63, 3.8) is 0 Å². The van der Waals surface area contributed by atoms with E-state index in [0.29, 0.717) is 11.4 Å². The van der Waals surface area contributed by atoms with Crippen molar-refractivity contribution in [1.29, 1.82) is 0 Å². The fourth-order valence-electron chi connectivity index (χ4n) is 1.75. The van der Waals surface area contributed by atoms with E-state index in [9.17, 15) is 0 Å². The summed E-state index contributed by atoms with van der Waals surface area (Å²) in [6, 6.07) is 4.16. The summed E-state index contributed by atoms with van der Waals surface area (Å²) in [5.41, 5.74) is 3.58. The van der Waals surface area contributed by atoms with Crippen LogP contribution in [-0.4, -0.2) is 9.97 Å². The Balaban J connectivity index is 2.55. The number of aryl methyl sites for hydroxylation is 2. The van der Waals surface area contributed by atoms with Crippen LogP contribution in [0.3, 0.4) is 0 Å². The quantitative estimate of drug-likeness (QED) is 0.557. The molecular formula is C12H10N2O. The van der Waals surface area contributed by atoms with Crippen LogP contribution in [0, 0.1) is 13.8 Å². The molecule has 3 aromatic rings. The van der Waals surface area contributed by atoms with E-state index in [1.165, 1.54) is 0 Å². The van der Waals surface area contributed by atoms with Crippen LogP contribution >= 0.6 is 0 Å². The number of rotatable bonds is 0. The summed E-state index contributed by atoms with van der Waals surface area (Å²) < 4.78 is 5.54. The van der Waals surface area contributed by atoms with Crippen molar-refractivity contribution < 1.29 is 4.42 Å². The predicted molar refractivity (Wildman–Crippen MR) is 58.8 cm³/mol. The maximum absolute atomic E-state index is 5.54. The number of nitrogens with zero attached hydrogens (tertiary/aromatic N) is 2. The van der Waals surface area contributed by atoms with Crippen molar-refractivity contribution in [2.24, 2.45) is 0 Å². The van der Waals surface area contributed by atoms with Crippen molar-refractivity contribution >= 4 is 22.2 Å². The van der Waals surface area contributed by atoms with Crippen LogP contribution in [-0.2, 0) is 0 Å². The number of hydrogen-bond donors (Lipinski definition) is 0. The summed E-state index contributed by atoms with van der Waals surface area (Å²) in [4.78, 5) is 8.48. The minimum Gasteiger partial charge on any atom is -0.419 e. The fourth-order valence-corrected chi connectivity index (χ4v) is 1.75. The summed E-state index contributed by atoms with van der Waals surface area (Å²) in [6.07, 6.45) is 3.61. The van der Waals surface area contributed by atoms with Crippen LogP contribution < -0.4 is 0 Å². The number of fused-ring (bicyclic) bond motifs is 3. The fraction of sp³-hybridized carbons (Fsp3) is 0.167. The normalized spacial score (nSPS) is 11.3. The van der Waals surface area contributed by atoms with Gasteiger partial charge >= 0.3 is 0 Å². The third kappa shape index (κ3) is 1.20. The molecular weight excluding hydrogens is 188 g/mol. The lowest BCUT2D eigenvalue weighted by atomic mass is 10.2. The largest absolute Gasteiger partial charge is 0.419 e. The van der Waals surface area contributed by atoms with E-state index in [1.807, 2.05) is 13.8 Å². The van der Waals surface area contributed by atoms with Gasteiger partial charge in [0.15, 0.2) is 0 Å². The van der Waals surface area contributed by atoms with E-state index in [-0.39, 0.29) is 0 Å². The average molecular weight is 198 g/mol. The second-order valence-electron chi connectivity index (χ2n) is 3.83. The van der Waals surface area contributed by atoms with Crippen LogP contribution in [0.2, 0.25) is 0 Å². The highest BCUT2D eigenvalue weighted by Gasteiger charge is 2.08. The highest BCUT2D eigenvalue weighted by Crippen LogP contribution is 2.26. The molecule has 0 aliphatic rings. The van der Waals surface area contributed by atoms with E-state index < -0.39 is 0 Å². The van der Waals surface area contributed by atoms with E-state index in [0.717, 1.165) is 21.9 Å². The van der Waals surface area contributed by atoms with Crippen LogP contribution in [0.5, 0.6) is 0 Å². The first-order chi connectivity index (χ1) is 7.24. The topological polar surface area (TPSA) is 38.9 Å². The van der Waals surface area contributed by atoms with Gasteiger partial charge in [0.2, 0.25) is 11.4 Å². The Morgan fingerprint density at radius 2 is 1.33 bits per heavy atom. The highest BCUT2D eigenvalue weighted by atomic mass is 16.3. The molecule has 3 aromatic heterocycles. The number of pyridine rings is 2. The Kier molecular flexibility index (Phi) is 1.57. The molecule has 74 valence electrons. The molecule has 0 aliphatic carbocycles. The molecule has 3 heteroatoms. The molecule has 0 saturated carbocycles. The minimum absolute atomic E-state index is 0.661. The lowest BCUT2D eigenvalue weighted by molar-refractivity contribution is 0.639. The highest BCUT2D eigenvalue weighted by molar-refractivity contribution is 6.02. The van der Waals surface area contributed by atoms with Crippen LogP contribution in [0.4, 0.5) is 0 Å². The van der Waals surface area contributed by atoms with Crippen molar-refractivity contribution in [3.05, 3.63) is 35.7 Å². The Bertz CT molecular complexity index is 599. The van der Waals surface area contributed by atoms with Gasteiger partial charge in [-0.05, 0) is 37.1 Å². The molecule has 0 fully saturated rings. The molecule has 0 aliphatic heterocycles. The van der Waals surface area contributed by atoms with E-state index in [1.54, 1.807) is 12.4 Å². The van der Waals surface area contributed by atoms with Crippen molar-refractivity contribution in [3.8, 4) is 0 Å². The first kappa shape index (κ1) is 8.41. The van der Waals surface area contributed by atoms with Crippen LogP contribution in [0.15, 0.2) is 28.9 Å². The van der Waals surface area contributed by atoms with E-state index >= 15 is 0 Å². The zero-order chi connectivity index (χ0) is 10.4. The average Bonchev–Trinajstić information content (AvgIpc) is 2.56. The minimum atomic E-state index is 0.661. The van der Waals surface area contributed by atoms with Gasteiger partial charge in [0.25, 0.3) is 0 Å². The second-order valence-corrected chi connectivity index (χ2v) is 3.83. The van der Waals surface area contributed by atoms with Crippen molar-refractivity contribution in [2.45, 2.75) is 13.8 Å². The molecule has 0 saturated heterocycles. The second kappa shape index (κ2) is 2.79. The Morgan fingerprint density at radius 1 is 0.867 bits per heavy atom. The summed E-state index contributed by atoms with van der Waals surface area (Å²) in [5.74, 6) is 0. The number of aromatic nitrogens is 2. The molecule has 0 N–H and O–H groups in total. The zero-order valence-electron chi connectivity index (χ0n) is 8.61. The molecule has 3 heterocycles. The molecule has 3 rings (SSSR count). The molecule has 0 radical (unpaired) electrons. The predicted octanol–water partition coefficient (Wildman–Crippen LogP) is 2.99. The smallest absolute Gasteiger partial charge is 0.229 e. The summed E-state index contributed by atoms with van der Waals surface area (Å²) in [5, 5.41) is 2.09. The van der Waals surface area contributed by atoms with Gasteiger partial charge in [0.05, 0.1) is 10.8 Å². The van der Waals surface area contributed by atoms with Gasteiger partial charge < -0.3 is 4.42 Å². The Morgan fingerprint density at radius 3 is 1.80 bits per heavy atom. The maximum Gasteiger partial charge on any atom is 0.229 e. The third-order valence-electron chi connectivity index (χ3n) is 2.46.